The summed E-state index contributed by atoms with van der Waals surface area (Å²) in [6, 6.07) is 15.0. The highest BCUT2D eigenvalue weighted by molar-refractivity contribution is 9.10. The Kier molecular flexibility index (Phi) is 4.50. The second kappa shape index (κ2) is 6.55. The maximum atomic E-state index is 12.1. The van der Waals surface area contributed by atoms with Crippen LogP contribution in [0.15, 0.2) is 57.4 Å². The molecule has 1 heterocycles. The van der Waals surface area contributed by atoms with Crippen molar-refractivity contribution in [2.75, 3.05) is 6.54 Å². The predicted octanol–water partition coefficient (Wildman–Crippen LogP) is 4.82. The maximum absolute atomic E-state index is 12.1. The molecule has 1 aromatic heterocycles. The number of hydrogen-bond donors (Lipinski definition) is 1. The van der Waals surface area contributed by atoms with Crippen LogP contribution in [0.3, 0.4) is 0 Å². The first-order chi connectivity index (χ1) is 10.6. The van der Waals surface area contributed by atoms with Crippen LogP contribution in [0.25, 0.3) is 11.0 Å². The average Bonchev–Trinajstić information content (AvgIpc) is 2.92. The number of fused-ring (bicyclic) bond motifs is 1. The van der Waals surface area contributed by atoms with E-state index in [2.05, 4.69) is 21.2 Å². The minimum atomic E-state index is -0.223. The van der Waals surface area contributed by atoms with Crippen LogP contribution in [0, 0.1) is 0 Å². The number of carbonyl (C=O) groups excluding carboxylic acids is 1. The largest absolute Gasteiger partial charge is 0.451 e. The van der Waals surface area contributed by atoms with Crippen molar-refractivity contribution in [3.05, 3.63) is 69.3 Å². The van der Waals surface area contributed by atoms with E-state index in [9.17, 15) is 4.79 Å². The van der Waals surface area contributed by atoms with Gasteiger partial charge in [0.25, 0.3) is 5.91 Å². The molecule has 112 valence electrons. The van der Waals surface area contributed by atoms with Gasteiger partial charge in [-0.25, -0.2) is 0 Å². The summed E-state index contributed by atoms with van der Waals surface area (Å²) < 4.78 is 6.49. The normalized spacial score (nSPS) is 10.8. The molecule has 3 nitrogen and oxygen atoms in total. The molecule has 0 spiro atoms. The Labute approximate surface area is 141 Å². The second-order valence-electron chi connectivity index (χ2n) is 4.89. The summed E-state index contributed by atoms with van der Waals surface area (Å²) in [6.07, 6.45) is 0.678. The van der Waals surface area contributed by atoms with E-state index in [4.69, 9.17) is 16.0 Å². The highest BCUT2D eigenvalue weighted by Gasteiger charge is 2.12. The molecule has 0 unspecified atom stereocenters. The molecular formula is C17H13BrClNO2. The molecule has 5 heteroatoms. The standard InChI is InChI=1S/C17H13BrClNO2/c18-13-6-5-12-9-16(22-15(12)10-13)17(21)20-8-7-11-3-1-2-4-14(11)19/h1-6,9-10H,7-8H2,(H,20,21). The van der Waals surface area contributed by atoms with Gasteiger partial charge in [0.15, 0.2) is 5.76 Å². The maximum Gasteiger partial charge on any atom is 0.287 e. The Balaban J connectivity index is 1.65. The lowest BCUT2D eigenvalue weighted by Gasteiger charge is -2.05. The lowest BCUT2D eigenvalue weighted by atomic mass is 10.1. The number of nitrogens with one attached hydrogen (secondary N) is 1. The van der Waals surface area contributed by atoms with Crippen molar-refractivity contribution in [1.29, 1.82) is 0 Å². The van der Waals surface area contributed by atoms with Gasteiger partial charge in [0.1, 0.15) is 5.58 Å². The van der Waals surface area contributed by atoms with E-state index >= 15 is 0 Å². The molecular weight excluding hydrogens is 366 g/mol. The van der Waals surface area contributed by atoms with Gasteiger partial charge >= 0.3 is 0 Å². The molecule has 0 atom stereocenters. The smallest absolute Gasteiger partial charge is 0.287 e. The summed E-state index contributed by atoms with van der Waals surface area (Å²) in [5.74, 6) is 0.0895. The van der Waals surface area contributed by atoms with Gasteiger partial charge in [0.05, 0.1) is 0 Å². The summed E-state index contributed by atoms with van der Waals surface area (Å²) in [4.78, 5) is 12.1. The quantitative estimate of drug-likeness (QED) is 0.707. The fourth-order valence-electron chi connectivity index (χ4n) is 2.22. The van der Waals surface area contributed by atoms with E-state index in [1.54, 1.807) is 6.07 Å². The number of hydrogen-bond acceptors (Lipinski definition) is 2. The van der Waals surface area contributed by atoms with Crippen LogP contribution in [0.5, 0.6) is 0 Å². The molecule has 3 aromatic rings. The van der Waals surface area contributed by atoms with Crippen LogP contribution in [-0.2, 0) is 6.42 Å². The third-order valence-electron chi connectivity index (χ3n) is 3.34. The van der Waals surface area contributed by atoms with Crippen LogP contribution in [0.4, 0.5) is 0 Å². The molecule has 0 aliphatic carbocycles. The Hall–Kier alpha value is -1.78. The zero-order chi connectivity index (χ0) is 15.5. The fourth-order valence-corrected chi connectivity index (χ4v) is 2.79. The molecule has 0 saturated carbocycles. The van der Waals surface area contributed by atoms with Crippen LogP contribution >= 0.6 is 27.5 Å². The van der Waals surface area contributed by atoms with Crippen molar-refractivity contribution in [3.8, 4) is 0 Å². The van der Waals surface area contributed by atoms with Gasteiger partial charge < -0.3 is 9.73 Å². The van der Waals surface area contributed by atoms with Crippen molar-refractivity contribution < 1.29 is 9.21 Å². The van der Waals surface area contributed by atoms with E-state index < -0.39 is 0 Å². The molecule has 1 amide bonds. The summed E-state index contributed by atoms with van der Waals surface area (Å²) in [7, 11) is 0. The zero-order valence-electron chi connectivity index (χ0n) is 11.6. The summed E-state index contributed by atoms with van der Waals surface area (Å²) in [5.41, 5.74) is 1.70. The number of amides is 1. The molecule has 3 rings (SSSR count). The highest BCUT2D eigenvalue weighted by Crippen LogP contribution is 2.23. The van der Waals surface area contributed by atoms with Crippen molar-refractivity contribution in [1.82, 2.24) is 5.32 Å². The number of benzene rings is 2. The summed E-state index contributed by atoms with van der Waals surface area (Å²) in [5, 5.41) is 4.46. The molecule has 0 aliphatic rings. The summed E-state index contributed by atoms with van der Waals surface area (Å²) >= 11 is 9.47. The van der Waals surface area contributed by atoms with Crippen LogP contribution in [0.2, 0.25) is 5.02 Å². The molecule has 0 fully saturated rings. The van der Waals surface area contributed by atoms with Gasteiger partial charge in [0, 0.05) is 21.4 Å². The molecule has 2 aromatic carbocycles. The number of halogens is 2. The molecule has 22 heavy (non-hydrogen) atoms. The lowest BCUT2D eigenvalue weighted by molar-refractivity contribution is 0.0928. The van der Waals surface area contributed by atoms with Crippen LogP contribution < -0.4 is 5.32 Å². The first kappa shape index (κ1) is 15.1. The van der Waals surface area contributed by atoms with E-state index in [1.807, 2.05) is 42.5 Å². The van der Waals surface area contributed by atoms with Gasteiger partial charge in [-0.2, -0.15) is 0 Å². The first-order valence-electron chi connectivity index (χ1n) is 6.84. The second-order valence-corrected chi connectivity index (χ2v) is 6.21. The number of furan rings is 1. The third kappa shape index (κ3) is 3.34. The number of rotatable bonds is 4. The van der Waals surface area contributed by atoms with E-state index in [-0.39, 0.29) is 5.91 Å². The topological polar surface area (TPSA) is 42.2 Å². The van der Waals surface area contributed by atoms with Gasteiger partial charge in [-0.05, 0) is 42.3 Å². The van der Waals surface area contributed by atoms with Crippen molar-refractivity contribution in [3.63, 3.8) is 0 Å². The molecule has 1 N–H and O–H groups in total. The average molecular weight is 379 g/mol. The Morgan fingerprint density at radius 3 is 2.82 bits per heavy atom. The van der Waals surface area contributed by atoms with Crippen molar-refractivity contribution >= 4 is 44.4 Å². The van der Waals surface area contributed by atoms with E-state index in [1.165, 1.54) is 0 Å². The van der Waals surface area contributed by atoms with Crippen LogP contribution in [0.1, 0.15) is 16.1 Å². The zero-order valence-corrected chi connectivity index (χ0v) is 13.9. The highest BCUT2D eigenvalue weighted by atomic mass is 79.9. The fraction of sp³-hybridized carbons (Fsp3) is 0.118. The Morgan fingerprint density at radius 1 is 1.18 bits per heavy atom. The molecule has 0 aliphatic heterocycles. The molecule has 0 radical (unpaired) electrons. The van der Waals surface area contributed by atoms with Gasteiger partial charge in [-0.1, -0.05) is 45.7 Å². The SMILES string of the molecule is O=C(NCCc1ccccc1Cl)c1cc2ccc(Br)cc2o1. The summed E-state index contributed by atoms with van der Waals surface area (Å²) in [6.45, 7) is 0.503. The Morgan fingerprint density at radius 2 is 2.00 bits per heavy atom. The Bertz CT molecular complexity index is 828. The van der Waals surface area contributed by atoms with E-state index in [0.717, 1.165) is 15.4 Å². The van der Waals surface area contributed by atoms with Crippen LogP contribution in [-0.4, -0.2) is 12.5 Å². The van der Waals surface area contributed by atoms with Gasteiger partial charge in [-0.15, -0.1) is 0 Å². The lowest BCUT2D eigenvalue weighted by Crippen LogP contribution is -2.25. The minimum Gasteiger partial charge on any atom is -0.451 e. The van der Waals surface area contributed by atoms with Gasteiger partial charge in [-0.3, -0.25) is 4.79 Å². The third-order valence-corrected chi connectivity index (χ3v) is 4.21. The van der Waals surface area contributed by atoms with Crippen molar-refractivity contribution in [2.45, 2.75) is 6.42 Å². The van der Waals surface area contributed by atoms with Gasteiger partial charge in [0.2, 0.25) is 0 Å². The minimum absolute atomic E-state index is 0.223. The first-order valence-corrected chi connectivity index (χ1v) is 8.01. The van der Waals surface area contributed by atoms with E-state index in [0.29, 0.717) is 29.3 Å². The molecule has 0 bridgehead atoms. The van der Waals surface area contributed by atoms with Crippen molar-refractivity contribution in [2.24, 2.45) is 0 Å². The predicted molar refractivity (Wildman–Crippen MR) is 91.4 cm³/mol. The molecule has 0 saturated heterocycles. The number of carbonyl (C=O) groups is 1. The monoisotopic (exact) mass is 377 g/mol.